The zero-order chi connectivity index (χ0) is 11.9. The van der Waals surface area contributed by atoms with Crippen molar-refractivity contribution in [3.8, 4) is 0 Å². The third-order valence-electron chi connectivity index (χ3n) is 3.20. The van der Waals surface area contributed by atoms with Crippen molar-refractivity contribution in [3.63, 3.8) is 0 Å². The van der Waals surface area contributed by atoms with E-state index in [0.29, 0.717) is 0 Å². The maximum absolute atomic E-state index is 5.17. The molecule has 2 heteroatoms. The van der Waals surface area contributed by atoms with Crippen molar-refractivity contribution in [1.82, 2.24) is 0 Å². The molecule has 0 amide bonds. The Morgan fingerprint density at radius 2 is 1.00 bits per heavy atom. The summed E-state index contributed by atoms with van der Waals surface area (Å²) in [6.07, 6.45) is 17.1. The van der Waals surface area contributed by atoms with Gasteiger partial charge in [0.15, 0.2) is 0 Å². The van der Waals surface area contributed by atoms with Crippen LogP contribution in [-0.2, 0) is 4.43 Å². The monoisotopic (exact) mass is 244 g/mol. The summed E-state index contributed by atoms with van der Waals surface area (Å²) < 4.78 is 5.17. The van der Waals surface area contributed by atoms with Gasteiger partial charge in [0.2, 0.25) is 0 Å². The van der Waals surface area contributed by atoms with Gasteiger partial charge in [-0.3, -0.25) is 0 Å². The molecule has 0 radical (unpaired) electrons. The quantitative estimate of drug-likeness (QED) is 0.352. The predicted molar refractivity (Wildman–Crippen MR) is 77.0 cm³/mol. The minimum atomic E-state index is 0.910. The molecule has 0 heterocycles. The zero-order valence-corrected chi connectivity index (χ0v) is 13.6. The van der Waals surface area contributed by atoms with Crippen LogP contribution in [-0.4, -0.2) is 17.1 Å². The van der Waals surface area contributed by atoms with Crippen LogP contribution in [0, 0.1) is 0 Å². The number of hydrogen-bond acceptors (Lipinski definition) is 1. The Labute approximate surface area is 106 Å². The van der Waals surface area contributed by atoms with Crippen LogP contribution < -0.4 is 0 Å². The van der Waals surface area contributed by atoms with Crippen LogP contribution in [0.4, 0.5) is 0 Å². The molecule has 0 saturated heterocycles. The molecule has 0 aliphatic rings. The molecular weight excluding hydrogens is 212 g/mol. The van der Waals surface area contributed by atoms with Gasteiger partial charge in [-0.1, -0.05) is 77.6 Å². The molecule has 0 rings (SSSR count). The summed E-state index contributed by atoms with van der Waals surface area (Å²) in [5.41, 5.74) is 0. The maximum Gasteiger partial charge on any atom is 0.145 e. The molecule has 16 heavy (non-hydrogen) atoms. The fraction of sp³-hybridized carbons (Fsp3) is 1.00. The largest absolute Gasteiger partial charge is 0.428 e. The van der Waals surface area contributed by atoms with Crippen molar-refractivity contribution in [2.75, 3.05) is 6.61 Å². The zero-order valence-electron chi connectivity index (χ0n) is 11.6. The lowest BCUT2D eigenvalue weighted by Gasteiger charge is -2.02. The second-order valence-corrected chi connectivity index (χ2v) is 5.46. The van der Waals surface area contributed by atoms with Crippen LogP contribution in [0.5, 0.6) is 0 Å². The highest BCUT2D eigenvalue weighted by Gasteiger charge is 1.92. The van der Waals surface area contributed by atoms with Crippen molar-refractivity contribution < 1.29 is 4.43 Å². The Morgan fingerprint density at radius 1 is 0.625 bits per heavy atom. The highest BCUT2D eigenvalue weighted by Crippen LogP contribution is 2.11. The van der Waals surface area contributed by atoms with E-state index in [2.05, 4.69) is 6.92 Å². The van der Waals surface area contributed by atoms with Crippen LogP contribution in [0.1, 0.15) is 84.0 Å². The van der Waals surface area contributed by atoms with E-state index in [0.717, 1.165) is 17.1 Å². The summed E-state index contributed by atoms with van der Waals surface area (Å²) in [6, 6.07) is 0. The summed E-state index contributed by atoms with van der Waals surface area (Å²) in [5.74, 6) is 0. The number of rotatable bonds is 13. The van der Waals surface area contributed by atoms with Gasteiger partial charge in [-0.15, -0.1) is 0 Å². The third kappa shape index (κ3) is 14.2. The minimum Gasteiger partial charge on any atom is -0.428 e. The molecule has 0 N–H and O–H groups in total. The van der Waals surface area contributed by atoms with Gasteiger partial charge in [0.25, 0.3) is 0 Å². The number of unbranched alkanes of at least 4 members (excludes halogenated alkanes) is 11. The van der Waals surface area contributed by atoms with E-state index in [1.807, 2.05) is 0 Å². The van der Waals surface area contributed by atoms with E-state index in [-0.39, 0.29) is 0 Å². The highest BCUT2D eigenvalue weighted by molar-refractivity contribution is 5.97. The lowest BCUT2D eigenvalue weighted by atomic mass is 10.1. The Morgan fingerprint density at radius 3 is 1.38 bits per heavy atom. The van der Waals surface area contributed by atoms with Gasteiger partial charge in [-0.2, -0.15) is 0 Å². The van der Waals surface area contributed by atoms with Crippen molar-refractivity contribution in [3.05, 3.63) is 0 Å². The second kappa shape index (κ2) is 15.2. The van der Waals surface area contributed by atoms with E-state index < -0.39 is 0 Å². The normalized spacial score (nSPS) is 11.1. The molecule has 0 atom stereocenters. The van der Waals surface area contributed by atoms with Gasteiger partial charge >= 0.3 is 0 Å². The smallest absolute Gasteiger partial charge is 0.145 e. The Kier molecular flexibility index (Phi) is 15.3. The molecule has 0 aromatic heterocycles. The topological polar surface area (TPSA) is 9.23 Å². The molecule has 0 aromatic carbocycles. The van der Waals surface area contributed by atoms with Crippen molar-refractivity contribution >= 4 is 10.5 Å². The van der Waals surface area contributed by atoms with Gasteiger partial charge in [0.1, 0.15) is 10.5 Å². The Hall–Kier alpha value is 0.177. The van der Waals surface area contributed by atoms with Gasteiger partial charge in [0.05, 0.1) is 0 Å². The molecule has 0 aliphatic carbocycles. The van der Waals surface area contributed by atoms with Gasteiger partial charge in [-0.05, 0) is 6.42 Å². The van der Waals surface area contributed by atoms with E-state index in [4.69, 9.17) is 4.43 Å². The molecule has 0 spiro atoms. The summed E-state index contributed by atoms with van der Waals surface area (Å²) in [7, 11) is 0.910. The van der Waals surface area contributed by atoms with Crippen LogP contribution in [0.25, 0.3) is 0 Å². The van der Waals surface area contributed by atoms with E-state index >= 15 is 0 Å². The maximum atomic E-state index is 5.17. The Bertz CT molecular complexity index is 103. The van der Waals surface area contributed by atoms with Crippen LogP contribution in [0.3, 0.4) is 0 Å². The number of hydrogen-bond donors (Lipinski definition) is 0. The molecule has 0 bridgehead atoms. The average molecular weight is 244 g/mol. The highest BCUT2D eigenvalue weighted by atomic mass is 28.2. The predicted octanol–water partition coefficient (Wildman–Crippen LogP) is 3.98. The molecule has 0 fully saturated rings. The fourth-order valence-corrected chi connectivity index (χ4v) is 2.38. The molecule has 0 aromatic rings. The summed E-state index contributed by atoms with van der Waals surface area (Å²) in [6.45, 7) is 3.29. The van der Waals surface area contributed by atoms with Crippen LogP contribution >= 0.6 is 0 Å². The van der Waals surface area contributed by atoms with Crippen molar-refractivity contribution in [2.24, 2.45) is 0 Å². The van der Waals surface area contributed by atoms with Gasteiger partial charge in [0, 0.05) is 6.61 Å². The fourth-order valence-electron chi connectivity index (χ4n) is 2.09. The molecule has 0 saturated carbocycles. The average Bonchev–Trinajstić information content (AvgIpc) is 2.31. The standard InChI is InChI=1S/C14H32OSi/c1-2-3-4-5-6-7-8-9-10-11-12-13-14-15-16/h2-14H2,1,16H3. The summed E-state index contributed by atoms with van der Waals surface area (Å²) in [5, 5.41) is 0. The van der Waals surface area contributed by atoms with E-state index in [1.165, 1.54) is 77.0 Å². The first-order chi connectivity index (χ1) is 7.91. The lowest BCUT2D eigenvalue weighted by Crippen LogP contribution is -1.89. The van der Waals surface area contributed by atoms with Crippen molar-refractivity contribution in [2.45, 2.75) is 84.0 Å². The molecule has 98 valence electrons. The summed E-state index contributed by atoms with van der Waals surface area (Å²) >= 11 is 0. The first kappa shape index (κ1) is 16.2. The first-order valence-electron chi connectivity index (χ1n) is 7.40. The van der Waals surface area contributed by atoms with Gasteiger partial charge in [-0.25, -0.2) is 0 Å². The molecule has 1 nitrogen and oxygen atoms in total. The lowest BCUT2D eigenvalue weighted by molar-refractivity contribution is 0.332. The second-order valence-electron chi connectivity index (χ2n) is 4.88. The van der Waals surface area contributed by atoms with Crippen LogP contribution in [0.2, 0.25) is 0 Å². The van der Waals surface area contributed by atoms with Crippen LogP contribution in [0.15, 0.2) is 0 Å². The van der Waals surface area contributed by atoms with E-state index in [9.17, 15) is 0 Å². The molecular formula is C14H32OSi. The third-order valence-corrected chi connectivity index (χ3v) is 3.61. The summed E-state index contributed by atoms with van der Waals surface area (Å²) in [4.78, 5) is 0. The van der Waals surface area contributed by atoms with Gasteiger partial charge < -0.3 is 4.43 Å². The van der Waals surface area contributed by atoms with E-state index in [1.54, 1.807) is 0 Å². The first-order valence-corrected chi connectivity index (χ1v) is 8.22. The SMILES string of the molecule is CCCCCCCCCCCCCCO[SiH3]. The molecule has 0 aliphatic heterocycles. The van der Waals surface area contributed by atoms with Crippen molar-refractivity contribution in [1.29, 1.82) is 0 Å². The molecule has 0 unspecified atom stereocenters. The Balaban J connectivity index is 2.83. The minimum absolute atomic E-state index is 0.910.